The number of aliphatic hydroxyl groups excluding tert-OH is 1. The van der Waals surface area contributed by atoms with Crippen LogP contribution in [-0.2, 0) is 57.2 Å². The minimum atomic E-state index is -2.46. The van der Waals surface area contributed by atoms with Gasteiger partial charge < -0.3 is 49.1 Å². The molecule has 18 nitrogen and oxygen atoms in total. The van der Waals surface area contributed by atoms with E-state index >= 15 is 9.59 Å². The van der Waals surface area contributed by atoms with Crippen molar-refractivity contribution in [2.45, 2.75) is 198 Å². The average Bonchev–Trinajstić information content (AvgIpc) is 1.78. The Bertz CT molecular complexity index is 2850. The first-order valence-electron chi connectivity index (χ1n) is 29.1. The number of amides is 1. The molecule has 2 saturated carbocycles. The zero-order valence-corrected chi connectivity index (χ0v) is 48.5. The van der Waals surface area contributed by atoms with Crippen LogP contribution in [0.4, 0.5) is 0 Å². The molecule has 0 radical (unpaired) electrons. The number of aliphatic hydroxyl groups is 2. The van der Waals surface area contributed by atoms with E-state index in [2.05, 4.69) is 17.5 Å². The van der Waals surface area contributed by atoms with E-state index in [0.29, 0.717) is 24.8 Å². The van der Waals surface area contributed by atoms with Gasteiger partial charge in [-0.2, -0.15) is 0 Å². The van der Waals surface area contributed by atoms with E-state index in [1.54, 1.807) is 99.6 Å². The number of rotatable bonds is 27. The Morgan fingerprint density at radius 2 is 1.28 bits per heavy atom. The molecule has 3 aromatic carbocycles. The van der Waals surface area contributed by atoms with Crippen LogP contribution in [0.3, 0.4) is 0 Å². The first-order chi connectivity index (χ1) is 39.6. The molecular formula is C65H81NO17. The van der Waals surface area contributed by atoms with Crippen LogP contribution >= 0.6 is 0 Å². The lowest BCUT2D eigenvalue weighted by atomic mass is 9.44. The first-order valence-corrected chi connectivity index (χ1v) is 29.1. The fourth-order valence-corrected chi connectivity index (χ4v) is 12.9. The highest BCUT2D eigenvalue weighted by atomic mass is 16.6. The molecule has 4 N–H and O–H groups in total. The third kappa shape index (κ3) is 14.3. The maximum Gasteiger partial charge on any atom is 0.350 e. The van der Waals surface area contributed by atoms with Crippen LogP contribution in [0.15, 0.2) is 114 Å². The summed E-state index contributed by atoms with van der Waals surface area (Å²) in [5, 5.41) is 38.0. The number of esters is 5. The number of carbonyl (C=O) groups excluding carboxylic acids is 7. The molecule has 0 unspecified atom stereocenters. The van der Waals surface area contributed by atoms with Gasteiger partial charge in [0.05, 0.1) is 29.6 Å². The SMILES string of the molecule is CC(=O)O[C@H]1C(=O)[C@@]2(C)[C@H]([C@H](OC(=O)c3ccccc3)[C@]3(O)C[C@H](OC(=O)[C@H](OC(=O)CCCCCCC/C=C/CCCCCCCC(=O)O)[C@@H](NC(=O)c4ccccc4)c4ccccc4)C(C)=C1C3(C)C)[C@]1(OC(C)=O)CO[C@@H]1C[C@@H]2O. The molecule has 3 fully saturated rings. The second kappa shape index (κ2) is 28.0. The van der Waals surface area contributed by atoms with Crippen LogP contribution in [0, 0.1) is 16.7 Å². The molecule has 1 aliphatic heterocycles. The summed E-state index contributed by atoms with van der Waals surface area (Å²) in [5.74, 6) is -8.42. The lowest BCUT2D eigenvalue weighted by Gasteiger charge is -2.67. The van der Waals surface area contributed by atoms with Crippen molar-refractivity contribution in [3.63, 3.8) is 0 Å². The van der Waals surface area contributed by atoms with Gasteiger partial charge in [-0.05, 0) is 93.3 Å². The second-order valence-corrected chi connectivity index (χ2v) is 23.3. The van der Waals surface area contributed by atoms with Crippen molar-refractivity contribution in [3.05, 3.63) is 131 Å². The average molecular weight is 1150 g/mol. The van der Waals surface area contributed by atoms with Gasteiger partial charge in [0.2, 0.25) is 6.10 Å². The topological polar surface area (TPSA) is 265 Å². The number of nitrogens with one attached hydrogen (secondary N) is 1. The van der Waals surface area contributed by atoms with Gasteiger partial charge in [0.25, 0.3) is 5.91 Å². The molecule has 3 aliphatic carbocycles. The zero-order valence-electron chi connectivity index (χ0n) is 48.5. The summed E-state index contributed by atoms with van der Waals surface area (Å²) < 4.78 is 37.2. The van der Waals surface area contributed by atoms with Crippen molar-refractivity contribution in [1.29, 1.82) is 0 Å². The number of hydrogen-bond acceptors (Lipinski definition) is 16. The molecule has 2 bridgehead atoms. The van der Waals surface area contributed by atoms with Gasteiger partial charge in [-0.25, -0.2) is 9.59 Å². The molecule has 1 amide bonds. The number of fused-ring (bicyclic) bond motifs is 5. The van der Waals surface area contributed by atoms with Gasteiger partial charge >= 0.3 is 35.8 Å². The second-order valence-electron chi connectivity index (χ2n) is 23.3. The van der Waals surface area contributed by atoms with Crippen molar-refractivity contribution in [3.8, 4) is 0 Å². The maximum atomic E-state index is 15.8. The lowest BCUT2D eigenvalue weighted by Crippen LogP contribution is -2.82. The van der Waals surface area contributed by atoms with E-state index in [4.69, 9.17) is 33.5 Å². The molecular weight excluding hydrogens is 1070 g/mol. The van der Waals surface area contributed by atoms with Crippen molar-refractivity contribution in [2.24, 2.45) is 16.7 Å². The highest BCUT2D eigenvalue weighted by Crippen LogP contribution is 2.64. The predicted molar refractivity (Wildman–Crippen MR) is 303 cm³/mol. The third-order valence-corrected chi connectivity index (χ3v) is 17.4. The van der Waals surface area contributed by atoms with E-state index < -0.39 is 125 Å². The normalized spacial score (nSPS) is 26.8. The minimum absolute atomic E-state index is 0.0229. The number of allylic oxidation sites excluding steroid dienone is 2. The molecule has 0 spiro atoms. The third-order valence-electron chi connectivity index (χ3n) is 17.4. The van der Waals surface area contributed by atoms with Gasteiger partial charge in [-0.15, -0.1) is 0 Å². The number of unbranched alkanes of at least 4 members (excludes halogenated alkanes) is 10. The highest BCUT2D eigenvalue weighted by Gasteiger charge is 2.78. The number of ketones is 1. The highest BCUT2D eigenvalue weighted by molar-refractivity contribution is 5.96. The minimum Gasteiger partial charge on any atom is -0.481 e. The summed E-state index contributed by atoms with van der Waals surface area (Å²) in [6.07, 6.45) is 4.34. The Hall–Kier alpha value is -7.02. The number of carboxylic acid groups (broad SMARTS) is 1. The molecule has 0 aromatic heterocycles. The summed E-state index contributed by atoms with van der Waals surface area (Å²) in [4.78, 5) is 111. The Balaban J connectivity index is 1.21. The van der Waals surface area contributed by atoms with E-state index in [1.807, 2.05) is 0 Å². The molecule has 18 heteroatoms. The number of aliphatic carboxylic acids is 1. The fourth-order valence-electron chi connectivity index (χ4n) is 12.9. The van der Waals surface area contributed by atoms with E-state index in [-0.39, 0.29) is 48.1 Å². The summed E-state index contributed by atoms with van der Waals surface area (Å²) in [5.41, 5.74) is -7.30. The van der Waals surface area contributed by atoms with Crippen LogP contribution in [-0.4, -0.2) is 117 Å². The van der Waals surface area contributed by atoms with Crippen molar-refractivity contribution in [2.75, 3.05) is 6.61 Å². The smallest absolute Gasteiger partial charge is 0.350 e. The van der Waals surface area contributed by atoms with Gasteiger partial charge in [-0.1, -0.05) is 131 Å². The maximum absolute atomic E-state index is 15.8. The van der Waals surface area contributed by atoms with Gasteiger partial charge in [0, 0.05) is 50.5 Å². The number of ether oxygens (including phenoxy) is 6. The van der Waals surface area contributed by atoms with Gasteiger partial charge in [-0.3, -0.25) is 28.8 Å². The number of benzene rings is 3. The first kappa shape index (κ1) is 63.6. The van der Waals surface area contributed by atoms with Crippen molar-refractivity contribution in [1.82, 2.24) is 5.32 Å². The number of carbonyl (C=O) groups is 8. The Kier molecular flexibility index (Phi) is 21.5. The molecule has 11 atom stereocenters. The van der Waals surface area contributed by atoms with E-state index in [1.165, 1.54) is 19.1 Å². The van der Waals surface area contributed by atoms with E-state index in [9.17, 15) is 39.0 Å². The molecule has 448 valence electrons. The number of Topliss-reactive ketones (excluding diaryl/α,β-unsaturated/α-hetero) is 1. The summed E-state index contributed by atoms with van der Waals surface area (Å²) >= 11 is 0. The van der Waals surface area contributed by atoms with Crippen LogP contribution in [0.1, 0.15) is 177 Å². The van der Waals surface area contributed by atoms with Gasteiger partial charge in [0.15, 0.2) is 17.5 Å². The number of hydrogen-bond donors (Lipinski definition) is 4. The van der Waals surface area contributed by atoms with Gasteiger partial charge in [0.1, 0.15) is 30.0 Å². The van der Waals surface area contributed by atoms with Crippen LogP contribution in [0.2, 0.25) is 0 Å². The number of carboxylic acids is 1. The van der Waals surface area contributed by atoms with Crippen LogP contribution < -0.4 is 5.32 Å². The monoisotopic (exact) mass is 1150 g/mol. The zero-order chi connectivity index (χ0) is 60.1. The Morgan fingerprint density at radius 1 is 0.723 bits per heavy atom. The lowest BCUT2D eigenvalue weighted by molar-refractivity contribution is -0.346. The quantitative estimate of drug-likeness (QED) is 0.0240. The molecule has 4 aliphatic rings. The molecule has 7 rings (SSSR count). The summed E-state index contributed by atoms with van der Waals surface area (Å²) in [6, 6.07) is 23.1. The summed E-state index contributed by atoms with van der Waals surface area (Å²) in [7, 11) is 0. The molecule has 83 heavy (non-hydrogen) atoms. The van der Waals surface area contributed by atoms with Crippen molar-refractivity contribution >= 4 is 47.5 Å². The summed E-state index contributed by atoms with van der Waals surface area (Å²) in [6.45, 7) is 7.99. The predicted octanol–water partition coefficient (Wildman–Crippen LogP) is 9.39. The largest absolute Gasteiger partial charge is 0.481 e. The van der Waals surface area contributed by atoms with Crippen LogP contribution in [0.5, 0.6) is 0 Å². The molecule has 3 aromatic rings. The standard InChI is InChI=1S/C65H81NO17/c1-41-47(39-65(77)58(82-60(75)46-34-26-21-27-35-46)56-63(6,48(69)38-49-64(56,40-78-49)83-43(3)68)57(73)54(79-42(2)67)52(41)62(65,4)5)80-61(76)55(53(44-30-22-19-23-31-44)66-59(74)45-32-24-20-25-33-45)81-51(72)37-29-18-16-14-12-10-8-7-9-11-13-15-17-28-36-50(70)71/h7-8,19-27,30-35,47-49,53-56,58,69,77H,9-18,28-29,36-40H2,1-6H3,(H,66,74)(H,70,71)/b8-7+/t47-,48-,49+,53-,54+,55+,56-,58-,63+,64-,65+/m0/s1. The Labute approximate surface area is 485 Å². The molecule has 1 saturated heterocycles. The van der Waals surface area contributed by atoms with Crippen molar-refractivity contribution < 1.29 is 82.1 Å². The molecule has 1 heterocycles. The van der Waals surface area contributed by atoms with Crippen LogP contribution in [0.25, 0.3) is 0 Å². The Morgan fingerprint density at radius 3 is 1.83 bits per heavy atom. The van der Waals surface area contributed by atoms with E-state index in [0.717, 1.165) is 71.6 Å². The fraction of sp³-hybridized carbons (Fsp3) is 0.538.